The summed E-state index contributed by atoms with van der Waals surface area (Å²) in [7, 11) is 1.79. The van der Waals surface area contributed by atoms with Crippen LogP contribution in [0.1, 0.15) is 39.3 Å². The lowest BCUT2D eigenvalue weighted by Crippen LogP contribution is -2.36. The molecule has 1 amide bonds. The van der Waals surface area contributed by atoms with E-state index in [4.69, 9.17) is 0 Å². The maximum absolute atomic E-state index is 12.1. The SMILES string of the molecule is CCCc1cc(=O)n2nc(N(C)CC(=O)NCCC(C)C)sc2n1. The zero-order valence-electron chi connectivity index (χ0n) is 14.7. The zero-order valence-corrected chi connectivity index (χ0v) is 15.5. The maximum atomic E-state index is 12.1. The Labute approximate surface area is 145 Å². The lowest BCUT2D eigenvalue weighted by atomic mass is 10.1. The highest BCUT2D eigenvalue weighted by molar-refractivity contribution is 7.20. The molecule has 1 N–H and O–H groups in total. The Morgan fingerprint density at radius 1 is 1.46 bits per heavy atom. The molecular weight excluding hydrogens is 326 g/mol. The molecule has 0 saturated heterocycles. The molecule has 0 spiro atoms. The minimum Gasteiger partial charge on any atom is -0.355 e. The summed E-state index contributed by atoms with van der Waals surface area (Å²) in [5, 5.41) is 7.78. The van der Waals surface area contributed by atoms with Gasteiger partial charge in [-0.15, -0.1) is 5.10 Å². The van der Waals surface area contributed by atoms with Gasteiger partial charge in [-0.2, -0.15) is 4.52 Å². The Morgan fingerprint density at radius 3 is 2.88 bits per heavy atom. The second-order valence-electron chi connectivity index (χ2n) is 6.30. The van der Waals surface area contributed by atoms with E-state index in [0.717, 1.165) is 25.0 Å². The molecule has 132 valence electrons. The number of anilines is 1. The van der Waals surface area contributed by atoms with Crippen LogP contribution in [-0.4, -0.2) is 40.6 Å². The molecule has 0 aliphatic heterocycles. The summed E-state index contributed by atoms with van der Waals surface area (Å²) in [5.41, 5.74) is 0.604. The topological polar surface area (TPSA) is 79.6 Å². The van der Waals surface area contributed by atoms with E-state index >= 15 is 0 Å². The highest BCUT2D eigenvalue weighted by Gasteiger charge is 2.14. The number of hydrogen-bond acceptors (Lipinski definition) is 6. The van der Waals surface area contributed by atoms with E-state index in [-0.39, 0.29) is 18.0 Å². The second kappa shape index (κ2) is 8.23. The van der Waals surface area contributed by atoms with Gasteiger partial charge in [-0.05, 0) is 18.8 Å². The Morgan fingerprint density at radius 2 is 2.21 bits per heavy atom. The van der Waals surface area contributed by atoms with Crippen molar-refractivity contribution in [3.63, 3.8) is 0 Å². The van der Waals surface area contributed by atoms with Gasteiger partial charge in [-0.1, -0.05) is 38.5 Å². The fourth-order valence-corrected chi connectivity index (χ4v) is 3.11. The highest BCUT2D eigenvalue weighted by atomic mass is 32.1. The molecule has 24 heavy (non-hydrogen) atoms. The summed E-state index contributed by atoms with van der Waals surface area (Å²) in [6, 6.07) is 1.53. The Bertz CT molecular complexity index is 752. The van der Waals surface area contributed by atoms with Gasteiger partial charge in [-0.3, -0.25) is 9.59 Å². The van der Waals surface area contributed by atoms with Crippen LogP contribution in [0, 0.1) is 5.92 Å². The van der Waals surface area contributed by atoms with Crippen molar-refractivity contribution in [2.45, 2.75) is 40.0 Å². The van der Waals surface area contributed by atoms with Crippen LogP contribution in [0.4, 0.5) is 5.13 Å². The van der Waals surface area contributed by atoms with Crippen LogP contribution < -0.4 is 15.8 Å². The predicted octanol–water partition coefficient (Wildman–Crippen LogP) is 1.70. The molecule has 0 aliphatic carbocycles. The van der Waals surface area contributed by atoms with Gasteiger partial charge in [-0.25, -0.2) is 4.98 Å². The number of fused-ring (bicyclic) bond motifs is 1. The molecule has 7 nitrogen and oxygen atoms in total. The molecule has 0 aliphatic rings. The Balaban J connectivity index is 2.07. The van der Waals surface area contributed by atoms with Crippen molar-refractivity contribution >= 4 is 27.3 Å². The van der Waals surface area contributed by atoms with Gasteiger partial charge in [0.25, 0.3) is 5.56 Å². The third kappa shape index (κ3) is 4.77. The molecule has 8 heteroatoms. The van der Waals surface area contributed by atoms with Crippen LogP contribution in [0.15, 0.2) is 10.9 Å². The van der Waals surface area contributed by atoms with Crippen LogP contribution in [-0.2, 0) is 11.2 Å². The van der Waals surface area contributed by atoms with Crippen LogP contribution in [0.5, 0.6) is 0 Å². The van der Waals surface area contributed by atoms with Crippen LogP contribution >= 0.6 is 11.3 Å². The first-order valence-electron chi connectivity index (χ1n) is 8.28. The number of likely N-dealkylation sites (N-methyl/N-ethyl adjacent to an activating group) is 1. The number of rotatable bonds is 8. The standard InChI is InChI=1S/C16H25N5O2S/c1-5-6-12-9-14(23)21-15(18-12)24-16(19-21)20(4)10-13(22)17-8-7-11(2)3/h9,11H,5-8,10H2,1-4H3,(H,17,22). The Kier molecular flexibility index (Phi) is 6.30. The van der Waals surface area contributed by atoms with Crippen molar-refractivity contribution in [1.82, 2.24) is 19.9 Å². The molecule has 0 unspecified atom stereocenters. The van der Waals surface area contributed by atoms with Crippen LogP contribution in [0.3, 0.4) is 0 Å². The minimum atomic E-state index is -0.180. The second-order valence-corrected chi connectivity index (χ2v) is 7.24. The summed E-state index contributed by atoms with van der Waals surface area (Å²) in [4.78, 5) is 30.8. The van der Waals surface area contributed by atoms with E-state index in [9.17, 15) is 9.59 Å². The number of nitrogens with one attached hydrogen (secondary N) is 1. The van der Waals surface area contributed by atoms with E-state index in [1.165, 1.54) is 21.9 Å². The molecule has 0 aromatic carbocycles. The molecule has 0 fully saturated rings. The quantitative estimate of drug-likeness (QED) is 0.783. The predicted molar refractivity (Wildman–Crippen MR) is 96.9 cm³/mol. The molecule has 2 rings (SSSR count). The van der Waals surface area contributed by atoms with Crippen molar-refractivity contribution in [3.8, 4) is 0 Å². The Hall–Kier alpha value is -1.96. The van der Waals surface area contributed by atoms with E-state index in [1.807, 2.05) is 6.92 Å². The zero-order chi connectivity index (χ0) is 17.7. The maximum Gasteiger partial charge on any atom is 0.275 e. The fraction of sp³-hybridized carbons (Fsp3) is 0.625. The largest absolute Gasteiger partial charge is 0.355 e. The highest BCUT2D eigenvalue weighted by Crippen LogP contribution is 2.20. The van der Waals surface area contributed by atoms with E-state index in [0.29, 0.717) is 22.6 Å². The minimum absolute atomic E-state index is 0.0515. The fourth-order valence-electron chi connectivity index (χ4n) is 2.22. The summed E-state index contributed by atoms with van der Waals surface area (Å²) in [5.74, 6) is 0.506. The van der Waals surface area contributed by atoms with Gasteiger partial charge in [0.1, 0.15) is 0 Å². The molecule has 0 bridgehead atoms. The number of aryl methyl sites for hydroxylation is 1. The van der Waals surface area contributed by atoms with Crippen molar-refractivity contribution in [3.05, 3.63) is 22.1 Å². The summed E-state index contributed by atoms with van der Waals surface area (Å²) in [6.45, 7) is 7.17. The number of carbonyl (C=O) groups is 1. The van der Waals surface area contributed by atoms with Crippen LogP contribution in [0.25, 0.3) is 4.96 Å². The van der Waals surface area contributed by atoms with Crippen LogP contribution in [0.2, 0.25) is 0 Å². The monoisotopic (exact) mass is 351 g/mol. The molecule has 0 saturated carbocycles. The van der Waals surface area contributed by atoms with E-state index in [1.54, 1.807) is 11.9 Å². The van der Waals surface area contributed by atoms with Gasteiger partial charge in [0.2, 0.25) is 16.0 Å². The van der Waals surface area contributed by atoms with Gasteiger partial charge in [0.15, 0.2) is 0 Å². The van der Waals surface area contributed by atoms with Crippen molar-refractivity contribution in [1.29, 1.82) is 0 Å². The molecule has 2 aromatic heterocycles. The molecule has 0 radical (unpaired) electrons. The van der Waals surface area contributed by atoms with Gasteiger partial charge >= 0.3 is 0 Å². The van der Waals surface area contributed by atoms with Crippen molar-refractivity contribution in [2.24, 2.45) is 5.92 Å². The first-order valence-corrected chi connectivity index (χ1v) is 9.10. The number of aromatic nitrogens is 3. The smallest absolute Gasteiger partial charge is 0.275 e. The third-order valence-corrected chi connectivity index (χ3v) is 4.57. The number of hydrogen-bond donors (Lipinski definition) is 1. The van der Waals surface area contributed by atoms with Gasteiger partial charge in [0, 0.05) is 25.4 Å². The first-order chi connectivity index (χ1) is 11.4. The third-order valence-electron chi connectivity index (χ3n) is 3.54. The molecule has 2 heterocycles. The number of carbonyl (C=O) groups excluding carboxylic acids is 1. The molecular formula is C16H25N5O2S. The average molecular weight is 351 g/mol. The first kappa shape index (κ1) is 18.4. The summed E-state index contributed by atoms with van der Waals surface area (Å²) in [6.07, 6.45) is 2.66. The number of amides is 1. The van der Waals surface area contributed by atoms with Gasteiger partial charge < -0.3 is 10.2 Å². The molecule has 2 aromatic rings. The van der Waals surface area contributed by atoms with E-state index < -0.39 is 0 Å². The normalized spacial score (nSPS) is 11.2. The number of nitrogens with zero attached hydrogens (tertiary/aromatic N) is 4. The summed E-state index contributed by atoms with van der Waals surface area (Å²) < 4.78 is 1.30. The molecule has 0 atom stereocenters. The van der Waals surface area contributed by atoms with Gasteiger partial charge in [0.05, 0.1) is 6.54 Å². The lowest BCUT2D eigenvalue weighted by molar-refractivity contribution is -0.119. The average Bonchev–Trinajstić information content (AvgIpc) is 2.92. The van der Waals surface area contributed by atoms with Crippen molar-refractivity contribution in [2.75, 3.05) is 25.0 Å². The summed E-state index contributed by atoms with van der Waals surface area (Å²) >= 11 is 1.32. The lowest BCUT2D eigenvalue weighted by Gasteiger charge is -2.14. The van der Waals surface area contributed by atoms with E-state index in [2.05, 4.69) is 29.2 Å². The van der Waals surface area contributed by atoms with Crippen molar-refractivity contribution < 1.29 is 4.79 Å².